The molecule has 0 aromatic heterocycles. The Morgan fingerprint density at radius 2 is 1.73 bits per heavy atom. The molecule has 1 saturated carbocycles. The van der Waals surface area contributed by atoms with Crippen LogP contribution in [0.4, 0.5) is 5.69 Å². The van der Waals surface area contributed by atoms with Gasteiger partial charge in [0.2, 0.25) is 5.91 Å². The molecule has 3 amide bonds. The van der Waals surface area contributed by atoms with Crippen molar-refractivity contribution < 1.29 is 14.4 Å². The van der Waals surface area contributed by atoms with Gasteiger partial charge in [0, 0.05) is 16.6 Å². The monoisotopic (exact) mass is 466 g/mol. The molecule has 3 N–H and O–H groups in total. The molecule has 10 heteroatoms. The number of rotatable bonds is 6. The normalized spacial score (nSPS) is 17.5. The summed E-state index contributed by atoms with van der Waals surface area (Å²) in [6, 6.07) is 9.33. The zero-order valence-electron chi connectivity index (χ0n) is 15.5. The van der Waals surface area contributed by atoms with E-state index in [1.165, 1.54) is 12.1 Å². The molecule has 0 bridgehead atoms. The van der Waals surface area contributed by atoms with E-state index in [2.05, 4.69) is 16.2 Å². The van der Waals surface area contributed by atoms with Crippen molar-refractivity contribution >= 4 is 58.2 Å². The first-order chi connectivity index (χ1) is 14.4. The van der Waals surface area contributed by atoms with Gasteiger partial charge in [-0.25, -0.2) is 0 Å². The fourth-order valence-electron chi connectivity index (χ4n) is 3.44. The summed E-state index contributed by atoms with van der Waals surface area (Å²) in [5, 5.41) is 3.43. The first kappa shape index (κ1) is 20.8. The fraction of sp³-hybridized carbons (Fsp3) is 0.250. The maximum atomic E-state index is 12.9. The number of hydrazine groups is 1. The van der Waals surface area contributed by atoms with Crippen molar-refractivity contribution in [3.8, 4) is 0 Å². The van der Waals surface area contributed by atoms with Crippen LogP contribution in [0.5, 0.6) is 0 Å². The van der Waals surface area contributed by atoms with E-state index in [4.69, 9.17) is 34.8 Å². The SMILES string of the molecule is O=C(CNC(=O)C1c2ccccc2C(=O)N1C1CC1)NNc1c(Cl)cc(Cl)cc1Cl. The molecule has 4 rings (SSSR count). The number of carbonyl (C=O) groups excluding carboxylic acids is 3. The molecule has 0 spiro atoms. The van der Waals surface area contributed by atoms with Crippen LogP contribution in [-0.2, 0) is 9.59 Å². The first-order valence-electron chi connectivity index (χ1n) is 9.25. The van der Waals surface area contributed by atoms with Crippen molar-refractivity contribution in [2.75, 3.05) is 12.0 Å². The number of hydrogen-bond donors (Lipinski definition) is 3. The Morgan fingerprint density at radius 3 is 2.40 bits per heavy atom. The van der Waals surface area contributed by atoms with E-state index in [9.17, 15) is 14.4 Å². The molecule has 156 valence electrons. The lowest BCUT2D eigenvalue weighted by atomic mass is 10.0. The summed E-state index contributed by atoms with van der Waals surface area (Å²) in [5.74, 6) is -1.06. The highest BCUT2D eigenvalue weighted by Crippen LogP contribution is 2.41. The third kappa shape index (κ3) is 4.05. The highest BCUT2D eigenvalue weighted by Gasteiger charge is 2.47. The maximum absolute atomic E-state index is 12.9. The number of halogens is 3. The molecule has 0 saturated heterocycles. The summed E-state index contributed by atoms with van der Waals surface area (Å²) in [6.45, 7) is -0.292. The van der Waals surface area contributed by atoms with Crippen LogP contribution < -0.4 is 16.2 Å². The molecule has 1 aliphatic carbocycles. The van der Waals surface area contributed by atoms with Crippen molar-refractivity contribution in [3.05, 3.63) is 62.6 Å². The molecular formula is C20H17Cl3N4O3. The van der Waals surface area contributed by atoms with Gasteiger partial charge in [0.15, 0.2) is 0 Å². The van der Waals surface area contributed by atoms with Crippen LogP contribution in [0.15, 0.2) is 36.4 Å². The van der Waals surface area contributed by atoms with Crippen LogP contribution in [-0.4, -0.2) is 35.2 Å². The lowest BCUT2D eigenvalue weighted by Gasteiger charge is -2.24. The minimum atomic E-state index is -0.734. The zero-order chi connectivity index (χ0) is 21.4. The van der Waals surface area contributed by atoms with Crippen LogP contribution in [0.2, 0.25) is 15.1 Å². The predicted octanol–water partition coefficient (Wildman–Crippen LogP) is 3.57. The second kappa shape index (κ2) is 8.34. The molecule has 7 nitrogen and oxygen atoms in total. The van der Waals surface area contributed by atoms with E-state index in [0.717, 1.165) is 12.8 Å². The van der Waals surface area contributed by atoms with E-state index in [0.29, 0.717) is 16.1 Å². The largest absolute Gasteiger partial charge is 0.345 e. The van der Waals surface area contributed by atoms with E-state index >= 15 is 0 Å². The van der Waals surface area contributed by atoms with Crippen molar-refractivity contribution in [3.63, 3.8) is 0 Å². The molecule has 1 aliphatic heterocycles. The number of carbonyl (C=O) groups is 3. The first-order valence-corrected chi connectivity index (χ1v) is 10.4. The van der Waals surface area contributed by atoms with Gasteiger partial charge in [-0.3, -0.25) is 25.2 Å². The van der Waals surface area contributed by atoms with Crippen LogP contribution in [0.25, 0.3) is 0 Å². The number of fused-ring (bicyclic) bond motifs is 1. The summed E-state index contributed by atoms with van der Waals surface area (Å²) >= 11 is 18.0. The van der Waals surface area contributed by atoms with Gasteiger partial charge in [-0.15, -0.1) is 0 Å². The lowest BCUT2D eigenvalue weighted by Crippen LogP contribution is -2.44. The van der Waals surface area contributed by atoms with Crippen LogP contribution in [0, 0.1) is 0 Å². The van der Waals surface area contributed by atoms with Crippen LogP contribution in [0.1, 0.15) is 34.8 Å². The molecule has 0 radical (unpaired) electrons. The number of hydrogen-bond acceptors (Lipinski definition) is 4. The average Bonchev–Trinajstić information content (AvgIpc) is 3.49. The minimum absolute atomic E-state index is 0.0605. The van der Waals surface area contributed by atoms with Crippen LogP contribution >= 0.6 is 34.8 Å². The van der Waals surface area contributed by atoms with Gasteiger partial charge in [-0.1, -0.05) is 53.0 Å². The zero-order valence-corrected chi connectivity index (χ0v) is 17.8. The van der Waals surface area contributed by atoms with Crippen molar-refractivity contribution in [2.45, 2.75) is 24.9 Å². The lowest BCUT2D eigenvalue weighted by molar-refractivity contribution is -0.128. The van der Waals surface area contributed by atoms with E-state index in [1.807, 2.05) is 0 Å². The summed E-state index contributed by atoms with van der Waals surface area (Å²) < 4.78 is 0. The molecule has 1 unspecified atom stereocenters. The third-order valence-electron chi connectivity index (χ3n) is 4.94. The average molecular weight is 468 g/mol. The Balaban J connectivity index is 1.38. The molecule has 1 atom stereocenters. The standard InChI is InChI=1S/C20H17Cl3N4O3/c21-10-7-14(22)17(15(23)8-10)26-25-16(28)9-24-19(29)18-12-3-1-2-4-13(12)20(30)27(18)11-5-6-11/h1-4,7-8,11,18,26H,5-6,9H2,(H,24,29)(H,25,28). The summed E-state index contributed by atoms with van der Waals surface area (Å²) in [6.07, 6.45) is 1.74. The highest BCUT2D eigenvalue weighted by atomic mass is 35.5. The molecule has 2 aromatic carbocycles. The Morgan fingerprint density at radius 1 is 1.07 bits per heavy atom. The number of nitrogens with zero attached hydrogens (tertiary/aromatic N) is 1. The Kier molecular flexibility index (Phi) is 5.77. The fourth-order valence-corrected chi connectivity index (χ4v) is 4.35. The number of nitrogens with one attached hydrogen (secondary N) is 3. The van der Waals surface area contributed by atoms with E-state index in [-0.39, 0.29) is 34.2 Å². The Bertz CT molecular complexity index is 1020. The Labute approximate surface area is 187 Å². The van der Waals surface area contributed by atoms with Crippen molar-refractivity contribution in [1.29, 1.82) is 0 Å². The smallest absolute Gasteiger partial charge is 0.257 e. The molecular weight excluding hydrogens is 451 g/mol. The predicted molar refractivity (Wildman–Crippen MR) is 115 cm³/mol. The molecule has 1 fully saturated rings. The van der Waals surface area contributed by atoms with E-state index in [1.54, 1.807) is 29.2 Å². The van der Waals surface area contributed by atoms with Gasteiger partial charge < -0.3 is 10.2 Å². The van der Waals surface area contributed by atoms with Gasteiger partial charge in [-0.2, -0.15) is 0 Å². The van der Waals surface area contributed by atoms with Gasteiger partial charge in [0.1, 0.15) is 6.04 Å². The maximum Gasteiger partial charge on any atom is 0.257 e. The van der Waals surface area contributed by atoms with Gasteiger partial charge >= 0.3 is 0 Å². The van der Waals surface area contributed by atoms with Crippen molar-refractivity contribution in [1.82, 2.24) is 15.6 Å². The molecule has 2 aliphatic rings. The summed E-state index contributed by atoms with van der Waals surface area (Å²) in [4.78, 5) is 39.4. The Hall–Kier alpha value is -2.48. The third-order valence-corrected chi connectivity index (χ3v) is 5.76. The van der Waals surface area contributed by atoms with Gasteiger partial charge in [0.05, 0.1) is 22.3 Å². The van der Waals surface area contributed by atoms with Gasteiger partial charge in [-0.05, 0) is 36.6 Å². The summed E-state index contributed by atoms with van der Waals surface area (Å²) in [7, 11) is 0. The minimum Gasteiger partial charge on any atom is -0.345 e. The quantitative estimate of drug-likeness (QED) is 0.567. The van der Waals surface area contributed by atoms with Crippen LogP contribution in [0.3, 0.4) is 0 Å². The van der Waals surface area contributed by atoms with Gasteiger partial charge in [0.25, 0.3) is 11.8 Å². The molecule has 2 aromatic rings. The highest BCUT2D eigenvalue weighted by molar-refractivity contribution is 6.41. The second-order valence-electron chi connectivity index (χ2n) is 7.07. The second-order valence-corrected chi connectivity index (χ2v) is 8.32. The van der Waals surface area contributed by atoms with E-state index < -0.39 is 17.9 Å². The number of anilines is 1. The number of amides is 3. The van der Waals surface area contributed by atoms with Crippen molar-refractivity contribution in [2.24, 2.45) is 0 Å². The molecule has 1 heterocycles. The molecule has 30 heavy (non-hydrogen) atoms. The number of benzene rings is 2. The topological polar surface area (TPSA) is 90.5 Å². The summed E-state index contributed by atoms with van der Waals surface area (Å²) in [5.41, 5.74) is 6.52.